The van der Waals surface area contributed by atoms with E-state index < -0.39 is 0 Å². The van der Waals surface area contributed by atoms with Gasteiger partial charge in [0.05, 0.1) is 0 Å². The third-order valence-corrected chi connectivity index (χ3v) is 1.63. The second-order valence-corrected chi connectivity index (χ2v) is 2.94. The average molecular weight is 172 g/mol. The van der Waals surface area contributed by atoms with Crippen LogP contribution in [0, 0.1) is 0 Å². The highest BCUT2D eigenvalue weighted by Gasteiger charge is 1.89. The molecule has 0 spiro atoms. The lowest BCUT2D eigenvalue weighted by Crippen LogP contribution is -2.30. The Morgan fingerprint density at radius 1 is 1.17 bits per heavy atom. The molecule has 0 heterocycles. The van der Waals surface area contributed by atoms with Crippen LogP contribution in [0.2, 0.25) is 0 Å². The van der Waals surface area contributed by atoms with Crippen LogP contribution in [0.25, 0.3) is 0 Å². The average Bonchev–Trinajstić information content (AvgIpc) is 2.02. The summed E-state index contributed by atoms with van der Waals surface area (Å²) in [4.78, 5) is 10.4. The molecule has 0 bridgehead atoms. The first-order valence-electron chi connectivity index (χ1n) is 4.72. The lowest BCUT2D eigenvalue weighted by atomic mass is 10.2. The van der Waals surface area contributed by atoms with Gasteiger partial charge >= 0.3 is 0 Å². The van der Waals surface area contributed by atoms with Gasteiger partial charge in [-0.3, -0.25) is 4.79 Å². The number of hydrogen-bond donors (Lipinski definition) is 2. The van der Waals surface area contributed by atoms with Crippen LogP contribution < -0.4 is 10.6 Å². The summed E-state index contributed by atoms with van der Waals surface area (Å²) in [5.41, 5.74) is 0. The van der Waals surface area contributed by atoms with Gasteiger partial charge < -0.3 is 10.6 Å². The number of carbonyl (C=O) groups is 1. The molecule has 0 aliphatic rings. The van der Waals surface area contributed by atoms with Crippen LogP contribution >= 0.6 is 0 Å². The molecule has 0 radical (unpaired) electrons. The van der Waals surface area contributed by atoms with Crippen molar-refractivity contribution < 1.29 is 4.79 Å². The van der Waals surface area contributed by atoms with Gasteiger partial charge in [-0.2, -0.15) is 0 Å². The second kappa shape index (κ2) is 8.53. The molecule has 0 saturated carbocycles. The van der Waals surface area contributed by atoms with Crippen molar-refractivity contribution >= 4 is 5.91 Å². The highest BCUT2D eigenvalue weighted by molar-refractivity contribution is 5.72. The summed E-state index contributed by atoms with van der Waals surface area (Å²) in [6, 6.07) is 0. The lowest BCUT2D eigenvalue weighted by molar-refractivity contribution is -0.118. The molecule has 0 atom stereocenters. The molecule has 3 nitrogen and oxygen atoms in total. The van der Waals surface area contributed by atoms with E-state index in [-0.39, 0.29) is 5.91 Å². The fourth-order valence-corrected chi connectivity index (χ4v) is 0.952. The zero-order chi connectivity index (χ0) is 9.23. The molecule has 0 unspecified atom stereocenters. The van der Waals surface area contributed by atoms with Crippen molar-refractivity contribution in [3.63, 3.8) is 0 Å². The Morgan fingerprint density at radius 2 is 1.92 bits per heavy atom. The molecule has 2 N–H and O–H groups in total. The summed E-state index contributed by atoms with van der Waals surface area (Å²) >= 11 is 0. The minimum atomic E-state index is 0.0466. The molecule has 0 saturated heterocycles. The minimum Gasteiger partial charge on any atom is -0.355 e. The second-order valence-electron chi connectivity index (χ2n) is 2.94. The summed E-state index contributed by atoms with van der Waals surface area (Å²) in [7, 11) is 0. The van der Waals surface area contributed by atoms with E-state index in [4.69, 9.17) is 0 Å². The van der Waals surface area contributed by atoms with Crippen LogP contribution in [0.5, 0.6) is 0 Å². The van der Waals surface area contributed by atoms with Crippen molar-refractivity contribution in [2.24, 2.45) is 0 Å². The van der Waals surface area contributed by atoms with Crippen molar-refractivity contribution in [3.05, 3.63) is 0 Å². The summed E-state index contributed by atoms with van der Waals surface area (Å²) < 4.78 is 0. The monoisotopic (exact) mass is 172 g/mol. The molecular formula is C9H20N2O. The van der Waals surface area contributed by atoms with Gasteiger partial charge in [-0.05, 0) is 13.0 Å². The van der Waals surface area contributed by atoms with Gasteiger partial charge in [0.15, 0.2) is 0 Å². The van der Waals surface area contributed by atoms with E-state index in [0.717, 1.165) is 19.6 Å². The topological polar surface area (TPSA) is 41.1 Å². The van der Waals surface area contributed by atoms with Gasteiger partial charge in [-0.1, -0.05) is 19.8 Å². The Hall–Kier alpha value is -0.570. The highest BCUT2D eigenvalue weighted by atomic mass is 16.1. The number of carbonyl (C=O) groups excluding carboxylic acids is 1. The van der Waals surface area contributed by atoms with E-state index >= 15 is 0 Å². The van der Waals surface area contributed by atoms with Crippen LogP contribution in [0.1, 0.15) is 33.1 Å². The van der Waals surface area contributed by atoms with E-state index in [1.165, 1.54) is 26.2 Å². The fourth-order valence-electron chi connectivity index (χ4n) is 0.952. The molecule has 0 fully saturated rings. The predicted octanol–water partition coefficient (Wildman–Crippen LogP) is 0.902. The molecular weight excluding hydrogens is 152 g/mol. The van der Waals surface area contributed by atoms with Crippen LogP contribution in [0.15, 0.2) is 0 Å². The number of hydrogen-bond acceptors (Lipinski definition) is 2. The van der Waals surface area contributed by atoms with E-state index in [2.05, 4.69) is 17.6 Å². The molecule has 0 aromatic rings. The van der Waals surface area contributed by atoms with Crippen LogP contribution in [-0.4, -0.2) is 25.5 Å². The molecule has 0 rings (SSSR count). The summed E-state index contributed by atoms with van der Waals surface area (Å²) in [5.74, 6) is 0.0466. The molecule has 3 heteroatoms. The zero-order valence-corrected chi connectivity index (χ0v) is 8.15. The van der Waals surface area contributed by atoms with Crippen molar-refractivity contribution in [2.45, 2.75) is 33.1 Å². The Labute approximate surface area is 74.9 Å². The van der Waals surface area contributed by atoms with Gasteiger partial charge in [0.1, 0.15) is 0 Å². The maximum absolute atomic E-state index is 10.4. The van der Waals surface area contributed by atoms with Crippen molar-refractivity contribution in [1.29, 1.82) is 0 Å². The van der Waals surface area contributed by atoms with Gasteiger partial charge in [0.25, 0.3) is 0 Å². The maximum atomic E-state index is 10.4. The SMILES string of the molecule is CCCCCNCCNC(C)=O. The molecule has 0 aliphatic carbocycles. The van der Waals surface area contributed by atoms with Gasteiger partial charge in [0.2, 0.25) is 5.91 Å². The summed E-state index contributed by atoms with van der Waals surface area (Å²) in [5, 5.41) is 6.00. The van der Waals surface area contributed by atoms with Crippen LogP contribution in [0.3, 0.4) is 0 Å². The van der Waals surface area contributed by atoms with Crippen molar-refractivity contribution in [3.8, 4) is 0 Å². The van der Waals surface area contributed by atoms with E-state index in [1.54, 1.807) is 0 Å². The third-order valence-electron chi connectivity index (χ3n) is 1.63. The molecule has 0 aliphatic heterocycles. The lowest BCUT2D eigenvalue weighted by Gasteiger charge is -2.03. The Morgan fingerprint density at radius 3 is 2.50 bits per heavy atom. The summed E-state index contributed by atoms with van der Waals surface area (Å²) in [6.45, 7) is 6.41. The standard InChI is InChI=1S/C9H20N2O/c1-3-4-5-6-10-7-8-11-9(2)12/h10H,3-8H2,1-2H3,(H,11,12). The molecule has 0 aromatic heterocycles. The van der Waals surface area contributed by atoms with E-state index in [0.29, 0.717) is 0 Å². The van der Waals surface area contributed by atoms with E-state index in [9.17, 15) is 4.79 Å². The van der Waals surface area contributed by atoms with Gasteiger partial charge in [-0.15, -0.1) is 0 Å². The van der Waals surface area contributed by atoms with Crippen LogP contribution in [0.4, 0.5) is 0 Å². The smallest absolute Gasteiger partial charge is 0.216 e. The Balaban J connectivity index is 2.86. The Kier molecular flexibility index (Phi) is 8.12. The van der Waals surface area contributed by atoms with Crippen molar-refractivity contribution in [1.82, 2.24) is 10.6 Å². The third kappa shape index (κ3) is 9.43. The fraction of sp³-hybridized carbons (Fsp3) is 0.889. The van der Waals surface area contributed by atoms with Gasteiger partial charge in [0, 0.05) is 20.0 Å². The van der Waals surface area contributed by atoms with E-state index in [1.807, 2.05) is 0 Å². The molecule has 72 valence electrons. The molecule has 12 heavy (non-hydrogen) atoms. The summed E-state index contributed by atoms with van der Waals surface area (Å²) in [6.07, 6.45) is 3.77. The van der Waals surface area contributed by atoms with Gasteiger partial charge in [-0.25, -0.2) is 0 Å². The number of rotatable bonds is 7. The normalized spacial score (nSPS) is 9.83. The quantitative estimate of drug-likeness (QED) is 0.560. The first-order chi connectivity index (χ1) is 5.77. The Bertz CT molecular complexity index is 115. The minimum absolute atomic E-state index is 0.0466. The zero-order valence-electron chi connectivity index (χ0n) is 8.15. The first-order valence-corrected chi connectivity index (χ1v) is 4.72. The number of amides is 1. The first kappa shape index (κ1) is 11.4. The maximum Gasteiger partial charge on any atom is 0.216 e. The number of unbranched alkanes of at least 4 members (excludes halogenated alkanes) is 2. The van der Waals surface area contributed by atoms with Crippen LogP contribution in [-0.2, 0) is 4.79 Å². The molecule has 0 aromatic carbocycles. The predicted molar refractivity (Wildman–Crippen MR) is 51.1 cm³/mol. The number of nitrogens with one attached hydrogen (secondary N) is 2. The van der Waals surface area contributed by atoms with Crippen molar-refractivity contribution in [2.75, 3.05) is 19.6 Å². The molecule has 1 amide bonds. The highest BCUT2D eigenvalue weighted by Crippen LogP contribution is 1.90. The largest absolute Gasteiger partial charge is 0.355 e.